The third-order valence-corrected chi connectivity index (χ3v) is 5.65. The number of carbonyl (C=O) groups is 2. The lowest BCUT2D eigenvalue weighted by molar-refractivity contribution is 0.102. The van der Waals surface area contributed by atoms with Gasteiger partial charge in [-0.2, -0.15) is 0 Å². The second-order valence-electron chi connectivity index (χ2n) is 8.35. The average molecular weight is 498 g/mol. The molecule has 1 saturated heterocycles. The fraction of sp³-hybridized carbons (Fsp3) is 0.269. The van der Waals surface area contributed by atoms with Gasteiger partial charge in [-0.25, -0.2) is 4.98 Å². The molecule has 0 aliphatic carbocycles. The van der Waals surface area contributed by atoms with E-state index in [0.717, 1.165) is 43.0 Å². The third-order valence-electron chi connectivity index (χ3n) is 5.65. The molecule has 9 heteroatoms. The number of rotatable bonds is 5. The topological polar surface area (TPSA) is 118 Å². The molecule has 1 aliphatic rings. The summed E-state index contributed by atoms with van der Waals surface area (Å²) in [7, 11) is 0. The number of hydrogen-bond donors (Lipinski definition) is 3. The van der Waals surface area contributed by atoms with Crippen molar-refractivity contribution in [3.8, 4) is 0 Å². The molecule has 2 aromatic carbocycles. The number of halogens is 1. The normalized spacial score (nSPS) is 13.0. The summed E-state index contributed by atoms with van der Waals surface area (Å²) in [5.41, 5.74) is 4.39. The van der Waals surface area contributed by atoms with Crippen molar-refractivity contribution in [3.63, 3.8) is 0 Å². The fourth-order valence-electron chi connectivity index (χ4n) is 3.76. The van der Waals surface area contributed by atoms with Crippen LogP contribution in [0.3, 0.4) is 0 Å². The van der Waals surface area contributed by atoms with Gasteiger partial charge in [0, 0.05) is 24.0 Å². The van der Waals surface area contributed by atoms with Crippen LogP contribution in [0, 0.1) is 13.8 Å². The van der Waals surface area contributed by atoms with Crippen molar-refractivity contribution in [2.45, 2.75) is 26.7 Å². The Morgan fingerprint density at radius 1 is 0.914 bits per heavy atom. The summed E-state index contributed by atoms with van der Waals surface area (Å²) in [5, 5.41) is 9.11. The van der Waals surface area contributed by atoms with E-state index in [1.165, 1.54) is 6.42 Å². The molecule has 2 heterocycles. The molecule has 4 rings (SSSR count). The smallest absolute Gasteiger partial charge is 0.258 e. The molecule has 0 radical (unpaired) electrons. The van der Waals surface area contributed by atoms with E-state index in [-0.39, 0.29) is 29.7 Å². The maximum Gasteiger partial charge on any atom is 0.258 e. The van der Waals surface area contributed by atoms with E-state index in [2.05, 4.69) is 25.8 Å². The van der Waals surface area contributed by atoms with Crippen LogP contribution in [0.25, 0.3) is 0 Å². The second kappa shape index (κ2) is 12.9. The summed E-state index contributed by atoms with van der Waals surface area (Å²) in [5.74, 6) is -0.126. The van der Waals surface area contributed by atoms with Gasteiger partial charge in [0.2, 0.25) is 0 Å². The maximum absolute atomic E-state index is 12.9. The summed E-state index contributed by atoms with van der Waals surface area (Å²) in [6.07, 6.45) is 4.01. The van der Waals surface area contributed by atoms with Crippen molar-refractivity contribution < 1.29 is 15.1 Å². The lowest BCUT2D eigenvalue weighted by Crippen LogP contribution is -2.32. The maximum atomic E-state index is 12.9. The van der Waals surface area contributed by atoms with Gasteiger partial charge in [0.15, 0.2) is 0 Å². The van der Waals surface area contributed by atoms with Gasteiger partial charge in [0.05, 0.1) is 17.9 Å². The van der Waals surface area contributed by atoms with Crippen LogP contribution in [0.2, 0.25) is 0 Å². The van der Waals surface area contributed by atoms with Gasteiger partial charge in [-0.1, -0.05) is 17.7 Å². The Morgan fingerprint density at radius 2 is 1.66 bits per heavy atom. The fourth-order valence-corrected chi connectivity index (χ4v) is 3.76. The summed E-state index contributed by atoms with van der Waals surface area (Å²) >= 11 is 0. The molecule has 0 bridgehead atoms. The molecule has 0 atom stereocenters. The Hall–Kier alpha value is -3.46. The van der Waals surface area contributed by atoms with Gasteiger partial charge in [-0.15, -0.1) is 12.4 Å². The van der Waals surface area contributed by atoms with Gasteiger partial charge in [0.1, 0.15) is 5.82 Å². The Bertz CT molecular complexity index is 1130. The largest absolute Gasteiger partial charge is 0.412 e. The zero-order valence-electron chi connectivity index (χ0n) is 19.9. The van der Waals surface area contributed by atoms with Crippen LogP contribution >= 0.6 is 12.4 Å². The van der Waals surface area contributed by atoms with E-state index < -0.39 is 0 Å². The van der Waals surface area contributed by atoms with E-state index >= 15 is 0 Å². The molecule has 1 aromatic heterocycles. The molecule has 0 saturated carbocycles. The highest BCUT2D eigenvalue weighted by Crippen LogP contribution is 2.21. The first-order valence-electron chi connectivity index (χ1n) is 11.2. The van der Waals surface area contributed by atoms with Crippen molar-refractivity contribution in [2.24, 2.45) is 0 Å². The molecule has 0 spiro atoms. The highest BCUT2D eigenvalue weighted by molar-refractivity contribution is 6.12. The Labute approximate surface area is 211 Å². The standard InChI is InChI=1S/C26H29N5O2.ClH.H2O/c1-18-5-11-23(22(15-18)26(33)30-24-12-6-19(2)16-28-24)29-25(32)20-7-9-21(10-8-20)31-14-4-3-13-27-17-31;;/h5-12,15-16,27H,3-4,13-14,17H2,1-2H3,(H,29,32)(H,28,30,33);1H;1H2. The van der Waals surface area contributed by atoms with Crippen molar-refractivity contribution in [1.29, 1.82) is 0 Å². The molecular weight excluding hydrogens is 466 g/mol. The SMILES string of the molecule is Cc1ccc(NC(=O)c2cc(C)ccc2NC(=O)c2ccc(N3CCCCNC3)cc2)nc1.Cl.O. The van der Waals surface area contributed by atoms with Gasteiger partial charge >= 0.3 is 0 Å². The van der Waals surface area contributed by atoms with E-state index in [9.17, 15) is 9.59 Å². The van der Waals surface area contributed by atoms with Gasteiger partial charge < -0.3 is 21.0 Å². The minimum absolute atomic E-state index is 0. The third kappa shape index (κ3) is 7.26. The van der Waals surface area contributed by atoms with Crippen LogP contribution in [-0.2, 0) is 0 Å². The zero-order valence-corrected chi connectivity index (χ0v) is 20.7. The molecule has 1 aliphatic heterocycles. The van der Waals surface area contributed by atoms with Crippen molar-refractivity contribution in [3.05, 3.63) is 83.0 Å². The highest BCUT2D eigenvalue weighted by atomic mass is 35.5. The van der Waals surface area contributed by atoms with Gasteiger partial charge in [-0.05, 0) is 81.3 Å². The number of amides is 2. The molecule has 35 heavy (non-hydrogen) atoms. The minimum atomic E-state index is -0.325. The first kappa shape index (κ1) is 27.8. The van der Waals surface area contributed by atoms with Gasteiger partial charge in [-0.3, -0.25) is 14.9 Å². The Kier molecular flexibility index (Phi) is 10.2. The molecule has 186 valence electrons. The Morgan fingerprint density at radius 3 is 2.37 bits per heavy atom. The number of benzene rings is 2. The number of nitrogens with one attached hydrogen (secondary N) is 3. The number of carbonyl (C=O) groups excluding carboxylic acids is 2. The van der Waals surface area contributed by atoms with Crippen molar-refractivity contribution in [2.75, 3.05) is 35.3 Å². The summed E-state index contributed by atoms with van der Waals surface area (Å²) < 4.78 is 0. The monoisotopic (exact) mass is 497 g/mol. The van der Waals surface area contributed by atoms with E-state index in [4.69, 9.17) is 0 Å². The summed E-state index contributed by atoms with van der Waals surface area (Å²) in [6, 6.07) is 16.6. The van der Waals surface area contributed by atoms with Crippen LogP contribution in [0.1, 0.15) is 44.7 Å². The van der Waals surface area contributed by atoms with E-state index in [1.54, 1.807) is 24.4 Å². The minimum Gasteiger partial charge on any atom is -0.412 e. The van der Waals surface area contributed by atoms with Crippen molar-refractivity contribution in [1.82, 2.24) is 10.3 Å². The predicted octanol–water partition coefficient (Wildman–Crippen LogP) is 3.95. The molecule has 0 unspecified atom stereocenters. The molecule has 8 nitrogen and oxygen atoms in total. The number of hydrogen-bond acceptors (Lipinski definition) is 5. The number of pyridine rings is 1. The van der Waals surface area contributed by atoms with Crippen molar-refractivity contribution >= 4 is 41.4 Å². The van der Waals surface area contributed by atoms with Crippen LogP contribution in [0.5, 0.6) is 0 Å². The lowest BCUT2D eigenvalue weighted by atomic mass is 10.1. The Balaban J connectivity index is 0.00000216. The van der Waals surface area contributed by atoms with Crippen LogP contribution in [-0.4, -0.2) is 42.0 Å². The molecular formula is C26H32ClN5O3. The first-order valence-corrected chi connectivity index (χ1v) is 11.2. The van der Waals surface area contributed by atoms with E-state index in [0.29, 0.717) is 22.6 Å². The van der Waals surface area contributed by atoms with Crippen LogP contribution < -0.4 is 20.9 Å². The summed E-state index contributed by atoms with van der Waals surface area (Å²) in [4.78, 5) is 32.4. The molecule has 2 amide bonds. The zero-order chi connectivity index (χ0) is 23.2. The molecule has 3 aromatic rings. The van der Waals surface area contributed by atoms with Gasteiger partial charge in [0.25, 0.3) is 11.8 Å². The molecule has 5 N–H and O–H groups in total. The predicted molar refractivity (Wildman–Crippen MR) is 143 cm³/mol. The molecule has 1 fully saturated rings. The van der Waals surface area contributed by atoms with Crippen LogP contribution in [0.15, 0.2) is 60.8 Å². The average Bonchev–Trinajstić information content (AvgIpc) is 3.11. The number of aromatic nitrogens is 1. The quantitative estimate of drug-likeness (QED) is 0.493. The first-order chi connectivity index (χ1) is 16.0. The van der Waals surface area contributed by atoms with Crippen LogP contribution in [0.4, 0.5) is 17.2 Å². The second-order valence-corrected chi connectivity index (χ2v) is 8.35. The number of nitrogens with zero attached hydrogens (tertiary/aromatic N) is 2. The van der Waals surface area contributed by atoms with E-state index in [1.807, 2.05) is 50.2 Å². The highest BCUT2D eigenvalue weighted by Gasteiger charge is 2.16. The number of aryl methyl sites for hydroxylation is 2. The summed E-state index contributed by atoms with van der Waals surface area (Å²) in [6.45, 7) is 6.68. The number of anilines is 3. The lowest BCUT2D eigenvalue weighted by Gasteiger charge is -2.22.